The number of amides is 2. The molecule has 0 aromatic carbocycles. The zero-order chi connectivity index (χ0) is 22.8. The van der Waals surface area contributed by atoms with Crippen LogP contribution in [0.2, 0.25) is 0 Å². The number of nitriles is 1. The number of urea groups is 1. The molecule has 1 aliphatic heterocycles. The van der Waals surface area contributed by atoms with Crippen molar-refractivity contribution in [1.82, 2.24) is 25.2 Å². The van der Waals surface area contributed by atoms with E-state index in [1.807, 2.05) is 13.0 Å². The van der Waals surface area contributed by atoms with Crippen molar-refractivity contribution in [3.63, 3.8) is 0 Å². The number of nitrogens with two attached hydrogens (primary N) is 1. The highest BCUT2D eigenvalue weighted by atomic mass is 16.2. The molecule has 2 amide bonds. The number of carbonyl (C=O) groups excluding carboxylic acids is 1. The lowest BCUT2D eigenvalue weighted by Gasteiger charge is -2.36. The van der Waals surface area contributed by atoms with E-state index in [1.54, 1.807) is 18.2 Å². The van der Waals surface area contributed by atoms with E-state index in [-0.39, 0.29) is 6.03 Å². The molecule has 0 radical (unpaired) electrons. The molecule has 0 unspecified atom stereocenters. The third-order valence-electron chi connectivity index (χ3n) is 4.77. The monoisotopic (exact) mass is 434 g/mol. The summed E-state index contributed by atoms with van der Waals surface area (Å²) in [5, 5.41) is 14.9. The number of carbonyl (C=O) groups is 1. The van der Waals surface area contributed by atoms with E-state index >= 15 is 0 Å². The van der Waals surface area contributed by atoms with Gasteiger partial charge in [-0.2, -0.15) is 5.26 Å². The number of anilines is 2. The van der Waals surface area contributed by atoms with Gasteiger partial charge in [-0.25, -0.2) is 24.7 Å². The van der Waals surface area contributed by atoms with Crippen LogP contribution in [-0.2, 0) is 6.54 Å². The number of pyridine rings is 1. The van der Waals surface area contributed by atoms with Gasteiger partial charge in [-0.05, 0) is 31.3 Å². The smallest absolute Gasteiger partial charge is 0.320 e. The number of aliphatic imine (C=N–C) groups is 1. The van der Waals surface area contributed by atoms with Crippen LogP contribution in [0.4, 0.5) is 22.1 Å². The second kappa shape index (κ2) is 11.4. The lowest BCUT2D eigenvalue weighted by atomic mass is 10.2. The summed E-state index contributed by atoms with van der Waals surface area (Å²) in [6, 6.07) is 7.31. The van der Waals surface area contributed by atoms with Gasteiger partial charge in [-0.3, -0.25) is 10.2 Å². The third-order valence-corrected chi connectivity index (χ3v) is 4.77. The minimum atomic E-state index is -0.291. The molecule has 1 aliphatic rings. The van der Waals surface area contributed by atoms with Crippen molar-refractivity contribution in [2.75, 3.05) is 42.9 Å². The number of allylic oxidation sites excluding steroid dienone is 1. The van der Waals surface area contributed by atoms with Crippen LogP contribution in [0, 0.1) is 11.3 Å². The van der Waals surface area contributed by atoms with Gasteiger partial charge in [0.2, 0.25) is 0 Å². The van der Waals surface area contributed by atoms with E-state index < -0.39 is 0 Å². The molecule has 0 spiro atoms. The highest BCUT2D eigenvalue weighted by Gasteiger charge is 2.21. The van der Waals surface area contributed by atoms with E-state index in [9.17, 15) is 10.1 Å². The summed E-state index contributed by atoms with van der Waals surface area (Å²) in [5.74, 6) is 0.928. The molecule has 0 atom stereocenters. The Labute approximate surface area is 186 Å². The number of nitrogens with zero attached hydrogens (tertiary/aromatic N) is 7. The highest BCUT2D eigenvalue weighted by Crippen LogP contribution is 2.23. The molecule has 0 saturated carbocycles. The first-order valence-electron chi connectivity index (χ1n) is 10.3. The second-order valence-electron chi connectivity index (χ2n) is 6.95. The molecular weight excluding hydrogens is 408 g/mol. The van der Waals surface area contributed by atoms with Crippen LogP contribution >= 0.6 is 0 Å². The van der Waals surface area contributed by atoms with E-state index in [0.29, 0.717) is 30.4 Å². The lowest BCUT2D eigenvalue weighted by Crippen LogP contribution is -2.46. The van der Waals surface area contributed by atoms with Crippen molar-refractivity contribution >= 4 is 29.6 Å². The molecule has 1 saturated heterocycles. The zero-order valence-corrected chi connectivity index (χ0v) is 17.9. The lowest BCUT2D eigenvalue weighted by molar-refractivity contribution is 0.247. The van der Waals surface area contributed by atoms with Gasteiger partial charge in [0.1, 0.15) is 18.2 Å². The predicted molar refractivity (Wildman–Crippen MR) is 123 cm³/mol. The average Bonchev–Trinajstić information content (AvgIpc) is 2.80. The quantitative estimate of drug-likeness (QED) is 0.554. The van der Waals surface area contributed by atoms with Gasteiger partial charge in [0.25, 0.3) is 0 Å². The third kappa shape index (κ3) is 6.23. The molecule has 0 bridgehead atoms. The Morgan fingerprint density at radius 3 is 2.84 bits per heavy atom. The number of piperazine rings is 1. The first-order valence-corrected chi connectivity index (χ1v) is 10.3. The fourth-order valence-electron chi connectivity index (χ4n) is 3.27. The van der Waals surface area contributed by atoms with Crippen molar-refractivity contribution < 1.29 is 4.79 Å². The van der Waals surface area contributed by atoms with Crippen molar-refractivity contribution in [3.8, 4) is 6.07 Å². The summed E-state index contributed by atoms with van der Waals surface area (Å²) in [7, 11) is 0. The van der Waals surface area contributed by atoms with Crippen LogP contribution in [-0.4, -0.2) is 64.8 Å². The Morgan fingerprint density at radius 1 is 1.31 bits per heavy atom. The summed E-state index contributed by atoms with van der Waals surface area (Å²) in [5.41, 5.74) is 7.26. The zero-order valence-electron chi connectivity index (χ0n) is 17.9. The SMILES string of the molecule is CCNC(=O)Nc1cc(CN2CCN(c3ccc(N=CC=CN)nc3C#N)CC2)ncn1. The number of aromatic nitrogens is 3. The van der Waals surface area contributed by atoms with Crippen molar-refractivity contribution in [2.45, 2.75) is 13.5 Å². The first-order chi connectivity index (χ1) is 15.6. The molecule has 3 heterocycles. The van der Waals surface area contributed by atoms with Crippen LogP contribution in [0.25, 0.3) is 0 Å². The van der Waals surface area contributed by atoms with Gasteiger partial charge in [0.05, 0.1) is 11.4 Å². The molecule has 11 heteroatoms. The molecule has 1 fully saturated rings. The summed E-state index contributed by atoms with van der Waals surface area (Å²) in [6.45, 7) is 6.15. The molecule has 4 N–H and O–H groups in total. The Hall–Kier alpha value is -4.04. The van der Waals surface area contributed by atoms with Gasteiger partial charge in [0, 0.05) is 51.5 Å². The van der Waals surface area contributed by atoms with E-state index in [2.05, 4.69) is 46.4 Å². The van der Waals surface area contributed by atoms with Gasteiger partial charge < -0.3 is 16.0 Å². The van der Waals surface area contributed by atoms with Gasteiger partial charge in [0.15, 0.2) is 11.5 Å². The molecule has 32 heavy (non-hydrogen) atoms. The number of hydrogen-bond donors (Lipinski definition) is 3. The fraction of sp³-hybridized carbons (Fsp3) is 0.333. The van der Waals surface area contributed by atoms with Crippen LogP contribution in [0.5, 0.6) is 0 Å². The van der Waals surface area contributed by atoms with Gasteiger partial charge in [-0.1, -0.05) is 0 Å². The molecule has 0 aliphatic carbocycles. The van der Waals surface area contributed by atoms with Gasteiger partial charge >= 0.3 is 6.03 Å². The Morgan fingerprint density at radius 2 is 2.12 bits per heavy atom. The Kier molecular flexibility index (Phi) is 8.05. The van der Waals surface area contributed by atoms with Gasteiger partial charge in [-0.15, -0.1) is 0 Å². The standard InChI is InChI=1S/C21H26N10O/c1-2-24-21(32)29-20-12-16(26-15-27-20)14-30-8-10-31(11-9-30)18-4-5-19(25-7-3-6-22)28-17(18)13-23/h3-7,12,15H,2,8-11,14,22H2,1H3,(H2,24,26,27,29,32). The second-order valence-corrected chi connectivity index (χ2v) is 6.95. The summed E-state index contributed by atoms with van der Waals surface area (Å²) >= 11 is 0. The highest BCUT2D eigenvalue weighted by molar-refractivity contribution is 5.88. The normalized spacial score (nSPS) is 14.6. The molecule has 3 rings (SSSR count). The number of hydrogen-bond acceptors (Lipinski definition) is 9. The average molecular weight is 435 g/mol. The summed E-state index contributed by atoms with van der Waals surface area (Å²) in [4.78, 5) is 33.0. The maximum Gasteiger partial charge on any atom is 0.320 e. The van der Waals surface area contributed by atoms with E-state index in [1.165, 1.54) is 18.7 Å². The maximum atomic E-state index is 11.7. The summed E-state index contributed by atoms with van der Waals surface area (Å²) < 4.78 is 0. The fourth-order valence-corrected chi connectivity index (χ4v) is 3.27. The molecule has 2 aromatic rings. The Bertz CT molecular complexity index is 1020. The maximum absolute atomic E-state index is 11.7. The topological polar surface area (TPSA) is 148 Å². The first kappa shape index (κ1) is 22.6. The molecule has 166 valence electrons. The van der Waals surface area contributed by atoms with Crippen molar-refractivity contribution in [3.05, 3.63) is 48.2 Å². The van der Waals surface area contributed by atoms with Crippen LogP contribution in [0.1, 0.15) is 18.3 Å². The minimum Gasteiger partial charge on any atom is -0.405 e. The predicted octanol–water partition coefficient (Wildman–Crippen LogP) is 1.38. The van der Waals surface area contributed by atoms with Crippen LogP contribution < -0.4 is 21.3 Å². The Balaban J connectivity index is 1.59. The number of nitrogens with one attached hydrogen (secondary N) is 2. The van der Waals surface area contributed by atoms with E-state index in [0.717, 1.165) is 37.6 Å². The molecule has 2 aromatic heterocycles. The molecule has 11 nitrogen and oxygen atoms in total. The molecular formula is C21H26N10O. The largest absolute Gasteiger partial charge is 0.405 e. The van der Waals surface area contributed by atoms with Crippen LogP contribution in [0.3, 0.4) is 0 Å². The van der Waals surface area contributed by atoms with Crippen molar-refractivity contribution in [1.29, 1.82) is 5.26 Å². The van der Waals surface area contributed by atoms with Crippen molar-refractivity contribution in [2.24, 2.45) is 10.7 Å². The summed E-state index contributed by atoms with van der Waals surface area (Å²) in [6.07, 6.45) is 5.96. The van der Waals surface area contributed by atoms with Crippen LogP contribution in [0.15, 0.2) is 41.8 Å². The number of rotatable bonds is 7. The minimum absolute atomic E-state index is 0.291. The van der Waals surface area contributed by atoms with E-state index in [4.69, 9.17) is 5.73 Å².